The number of pyridine rings is 1. The van der Waals surface area contributed by atoms with E-state index in [1.807, 2.05) is 22.9 Å². The van der Waals surface area contributed by atoms with Gasteiger partial charge in [0.05, 0.1) is 45.0 Å². The monoisotopic (exact) mass is 790 g/mol. The summed E-state index contributed by atoms with van der Waals surface area (Å²) in [6, 6.07) is 16.3. The lowest BCUT2D eigenvalue weighted by molar-refractivity contribution is 0.0578. The smallest absolute Gasteiger partial charge is 0.262 e. The summed E-state index contributed by atoms with van der Waals surface area (Å²) in [5, 5.41) is 5.67. The molecule has 280 valence electrons. The van der Waals surface area contributed by atoms with E-state index in [0.717, 1.165) is 35.4 Å². The van der Waals surface area contributed by atoms with Crippen molar-refractivity contribution in [3.8, 4) is 11.1 Å². The number of carbonyl (C=O) groups excluding carboxylic acids is 2. The van der Waals surface area contributed by atoms with Crippen molar-refractivity contribution in [1.29, 1.82) is 0 Å². The van der Waals surface area contributed by atoms with Crippen LogP contribution in [0.2, 0.25) is 30.7 Å². The van der Waals surface area contributed by atoms with Crippen LogP contribution in [0.3, 0.4) is 0 Å². The number of fused-ring (bicyclic) bond motifs is 3. The van der Waals surface area contributed by atoms with E-state index < -0.39 is 47.6 Å². The van der Waals surface area contributed by atoms with Crippen molar-refractivity contribution in [2.75, 3.05) is 17.6 Å². The summed E-state index contributed by atoms with van der Waals surface area (Å²) < 4.78 is 65.9. The fourth-order valence-corrected chi connectivity index (χ4v) is 8.33. The molecule has 0 fully saturated rings. The highest BCUT2D eigenvalue weighted by Crippen LogP contribution is 2.43. The Morgan fingerprint density at radius 2 is 1.59 bits per heavy atom. The van der Waals surface area contributed by atoms with Crippen molar-refractivity contribution < 1.29 is 31.5 Å². The van der Waals surface area contributed by atoms with Crippen LogP contribution in [-0.4, -0.2) is 65.4 Å². The van der Waals surface area contributed by atoms with Gasteiger partial charge in [0, 0.05) is 50.5 Å². The summed E-state index contributed by atoms with van der Waals surface area (Å²) in [5.74, 6) is -2.81. The van der Waals surface area contributed by atoms with Crippen molar-refractivity contribution in [2.24, 2.45) is 7.05 Å². The molecule has 1 aliphatic rings. The number of hydrogen-bond acceptors (Lipinski definition) is 7. The third-order valence-corrected chi connectivity index (χ3v) is 11.9. The van der Waals surface area contributed by atoms with Crippen LogP contribution in [0.25, 0.3) is 33.1 Å². The molecule has 16 heteroatoms. The molecule has 4 heterocycles. The molecule has 7 rings (SSSR count). The molecule has 0 bridgehead atoms. The number of halogens is 3. The van der Waals surface area contributed by atoms with Gasteiger partial charge in [-0.1, -0.05) is 49.4 Å². The minimum Gasteiger partial charge on any atom is -0.361 e. The maximum Gasteiger partial charge on any atom is 0.262 e. The first-order valence-corrected chi connectivity index (χ1v) is 23.1. The van der Waals surface area contributed by atoms with E-state index in [1.165, 1.54) is 4.68 Å². The van der Waals surface area contributed by atoms with E-state index in [2.05, 4.69) is 29.5 Å². The Kier molecular flexibility index (Phi) is 9.71. The van der Waals surface area contributed by atoms with E-state index in [4.69, 9.17) is 21.3 Å². The average molecular weight is 791 g/mol. The second-order valence-electron chi connectivity index (χ2n) is 14.7. The highest BCUT2D eigenvalue weighted by atomic mass is 35.5. The van der Waals surface area contributed by atoms with Crippen molar-refractivity contribution in [3.05, 3.63) is 112 Å². The Morgan fingerprint density at radius 1 is 0.926 bits per heavy atom. The minimum atomic E-state index is -3.76. The Labute approximate surface area is 316 Å². The molecule has 0 spiro atoms. The molecular weight excluding hydrogens is 754 g/mol. The Morgan fingerprint density at radius 3 is 2.22 bits per heavy atom. The van der Waals surface area contributed by atoms with Gasteiger partial charge in [-0.2, -0.15) is 5.10 Å². The van der Waals surface area contributed by atoms with Gasteiger partial charge in [-0.25, -0.2) is 22.2 Å². The molecule has 0 saturated heterocycles. The lowest BCUT2D eigenvalue weighted by Crippen LogP contribution is -2.36. The Balaban J connectivity index is 1.48. The molecule has 1 aliphatic heterocycles. The quantitative estimate of drug-likeness (QED) is 0.0762. The normalized spacial score (nSPS) is 14.0. The maximum atomic E-state index is 14.7. The zero-order valence-corrected chi connectivity index (χ0v) is 32.7. The van der Waals surface area contributed by atoms with Gasteiger partial charge in [-0.05, 0) is 60.5 Å². The molecule has 0 aliphatic carbocycles. The number of nitrogens with zero attached hydrogens (tertiary/aromatic N) is 5. The van der Waals surface area contributed by atoms with Crippen LogP contribution in [-0.2, 0) is 35.0 Å². The number of aryl methyl sites for hydroxylation is 1. The van der Waals surface area contributed by atoms with Crippen molar-refractivity contribution in [1.82, 2.24) is 24.2 Å². The minimum absolute atomic E-state index is 0.00573. The maximum absolute atomic E-state index is 14.7. The van der Waals surface area contributed by atoms with Gasteiger partial charge < -0.3 is 9.30 Å². The van der Waals surface area contributed by atoms with Gasteiger partial charge >= 0.3 is 0 Å². The predicted molar refractivity (Wildman–Crippen MR) is 207 cm³/mol. The first-order valence-electron chi connectivity index (χ1n) is 17.1. The lowest BCUT2D eigenvalue weighted by atomic mass is 9.92. The number of rotatable bonds is 12. The van der Waals surface area contributed by atoms with Gasteiger partial charge in [0.25, 0.3) is 11.8 Å². The molecule has 0 saturated carbocycles. The molecule has 11 nitrogen and oxygen atoms in total. The second kappa shape index (κ2) is 14.0. The van der Waals surface area contributed by atoms with E-state index >= 15 is 0 Å². The topological polar surface area (TPSA) is 128 Å². The molecule has 2 amide bonds. The molecular formula is C38H37ClF2N6O5SSi. The van der Waals surface area contributed by atoms with Crippen LogP contribution in [0, 0.1) is 11.6 Å². The zero-order chi connectivity index (χ0) is 38.7. The van der Waals surface area contributed by atoms with Crippen LogP contribution in [0.5, 0.6) is 0 Å². The highest BCUT2D eigenvalue weighted by molar-refractivity contribution is 7.92. The number of anilines is 1. The van der Waals surface area contributed by atoms with Crippen LogP contribution in [0.4, 0.5) is 14.6 Å². The summed E-state index contributed by atoms with van der Waals surface area (Å²) in [6.45, 7) is 7.51. The number of ether oxygens (including phenoxy) is 1. The first kappa shape index (κ1) is 37.4. The van der Waals surface area contributed by atoms with Crippen LogP contribution < -0.4 is 4.72 Å². The number of sulfonamides is 1. The lowest BCUT2D eigenvalue weighted by Gasteiger charge is -2.28. The molecule has 3 aromatic carbocycles. The summed E-state index contributed by atoms with van der Waals surface area (Å²) in [7, 11) is -3.50. The van der Waals surface area contributed by atoms with Gasteiger partial charge in [0.1, 0.15) is 24.0 Å². The molecule has 3 aromatic heterocycles. The summed E-state index contributed by atoms with van der Waals surface area (Å²) in [5.41, 5.74) is 2.69. The third kappa shape index (κ3) is 7.28. The second-order valence-corrected chi connectivity index (χ2v) is 22.4. The fraction of sp³-hybridized carbons (Fsp3) is 0.263. The molecule has 0 radical (unpaired) electrons. The number of imide groups is 1. The van der Waals surface area contributed by atoms with Crippen molar-refractivity contribution in [2.45, 2.75) is 44.9 Å². The van der Waals surface area contributed by atoms with Crippen LogP contribution >= 0.6 is 11.6 Å². The zero-order valence-electron chi connectivity index (χ0n) is 30.2. The van der Waals surface area contributed by atoms with Gasteiger partial charge in [0.15, 0.2) is 5.82 Å². The largest absolute Gasteiger partial charge is 0.361 e. The van der Waals surface area contributed by atoms with Gasteiger partial charge in [-0.3, -0.25) is 23.9 Å². The average Bonchev–Trinajstić information content (AvgIpc) is 3.71. The van der Waals surface area contributed by atoms with Crippen molar-refractivity contribution >= 4 is 69.3 Å². The van der Waals surface area contributed by atoms with E-state index in [0.29, 0.717) is 39.7 Å². The Bertz CT molecular complexity index is 2550. The highest BCUT2D eigenvalue weighted by Gasteiger charge is 2.42. The molecule has 1 unspecified atom stereocenters. The summed E-state index contributed by atoms with van der Waals surface area (Å²) in [4.78, 5) is 34.6. The molecule has 6 aromatic rings. The van der Waals surface area contributed by atoms with Crippen LogP contribution in [0.1, 0.15) is 38.0 Å². The molecule has 54 heavy (non-hydrogen) atoms. The Hall–Kier alpha value is -4.96. The van der Waals surface area contributed by atoms with E-state index in [1.54, 1.807) is 43.4 Å². The predicted octanol–water partition coefficient (Wildman–Crippen LogP) is 7.79. The number of hydrogen-bond donors (Lipinski definition) is 1. The summed E-state index contributed by atoms with van der Waals surface area (Å²) in [6.07, 6.45) is 2.64. The van der Waals surface area contributed by atoms with Crippen LogP contribution in [0.15, 0.2) is 72.9 Å². The number of nitrogens with one attached hydrogen (secondary N) is 1. The molecule has 1 N–H and O–H groups in total. The van der Waals surface area contributed by atoms with Gasteiger partial charge in [0.2, 0.25) is 10.0 Å². The van der Waals surface area contributed by atoms with E-state index in [-0.39, 0.29) is 46.4 Å². The van der Waals surface area contributed by atoms with Gasteiger partial charge in [-0.15, -0.1) is 0 Å². The fourth-order valence-electron chi connectivity index (χ4n) is 6.84. The first-order chi connectivity index (χ1) is 25.5. The number of carbonyl (C=O) groups is 2. The third-order valence-electron chi connectivity index (χ3n) is 9.31. The number of aromatic nitrogens is 4. The molecule has 1 atom stereocenters. The van der Waals surface area contributed by atoms with E-state index in [9.17, 15) is 26.8 Å². The standard InChI is InChI=1S/C38H37ClF2N6O5SSi/c1-45-34-26(10-11-30(39)32(34)35(43-45)44-53(2,50)51)29-19-23-12-13-46(21-52-14-15-54(3,4)5)36(23)42-33(29)31(18-22-16-24(40)20-25(41)17-22)47-37(48)27-8-6-7-9-28(27)38(47)49/h6-13,16-17,19-20,31H,14-15,18,21H2,1-5H3,(H,43,44). The summed E-state index contributed by atoms with van der Waals surface area (Å²) >= 11 is 6.70. The number of benzene rings is 3. The number of amides is 2. The van der Waals surface area contributed by atoms with Crippen molar-refractivity contribution in [3.63, 3.8) is 0 Å². The SMILES string of the molecule is Cn1nc(NS(C)(=O)=O)c2c(Cl)ccc(-c3cc4ccn(COCC[Si](C)(C)C)c4nc3C(Cc3cc(F)cc(F)c3)N3C(=O)c4ccccc4C3=O)c21.